The zero-order valence-electron chi connectivity index (χ0n) is 21.8. The number of carbonyl (C=O) groups is 1. The van der Waals surface area contributed by atoms with Gasteiger partial charge in [-0.2, -0.15) is 0 Å². The van der Waals surface area contributed by atoms with Crippen LogP contribution in [0.5, 0.6) is 11.5 Å². The molecule has 0 bridgehead atoms. The third kappa shape index (κ3) is 6.45. The molecule has 0 aliphatic carbocycles. The van der Waals surface area contributed by atoms with Crippen LogP contribution in [0.1, 0.15) is 27.5 Å². The van der Waals surface area contributed by atoms with Crippen LogP contribution < -0.4 is 19.5 Å². The highest BCUT2D eigenvalue weighted by atomic mass is 32.2. The number of aryl methyl sites for hydroxylation is 1. The Morgan fingerprint density at radius 2 is 1.71 bits per heavy atom. The Morgan fingerprint density at radius 1 is 1.00 bits per heavy atom. The molecular weight excluding hydrogens is 506 g/mol. The summed E-state index contributed by atoms with van der Waals surface area (Å²) in [6, 6.07) is 19.1. The van der Waals surface area contributed by atoms with Crippen LogP contribution in [0.15, 0.2) is 71.6 Å². The Hall–Kier alpha value is -3.60. The van der Waals surface area contributed by atoms with Crippen molar-refractivity contribution in [3.63, 3.8) is 0 Å². The van der Waals surface area contributed by atoms with E-state index in [-0.39, 0.29) is 22.4 Å². The Morgan fingerprint density at radius 3 is 2.39 bits per heavy atom. The smallest absolute Gasteiger partial charge is 0.262 e. The summed E-state index contributed by atoms with van der Waals surface area (Å²) in [4.78, 5) is 15.5. The van der Waals surface area contributed by atoms with E-state index < -0.39 is 10.0 Å². The number of ether oxygens (including phenoxy) is 3. The van der Waals surface area contributed by atoms with Crippen LogP contribution in [0.3, 0.4) is 0 Å². The number of hydrogen-bond acceptors (Lipinski definition) is 7. The first-order valence-corrected chi connectivity index (χ1v) is 13.8. The summed E-state index contributed by atoms with van der Waals surface area (Å²) in [5.41, 5.74) is 2.14. The molecule has 4 rings (SSSR count). The van der Waals surface area contributed by atoms with E-state index in [4.69, 9.17) is 14.2 Å². The molecule has 0 spiro atoms. The van der Waals surface area contributed by atoms with Crippen LogP contribution in [-0.2, 0) is 14.8 Å². The standard InChI is InChI=1S/C28H33N3O6S/c1-20-8-9-22(18-27(20)38(33,34)30-24-6-4-5-7-26(24)36-3)28(32)29-19-25(31-14-16-37-17-15-31)21-10-12-23(35-2)13-11-21/h4-13,18,25,30H,14-17,19H2,1-3H3,(H,29,32). The van der Waals surface area contributed by atoms with E-state index in [1.54, 1.807) is 50.4 Å². The van der Waals surface area contributed by atoms with Gasteiger partial charge in [-0.3, -0.25) is 14.4 Å². The highest BCUT2D eigenvalue weighted by Gasteiger charge is 2.25. The fourth-order valence-electron chi connectivity index (χ4n) is 4.42. The fourth-order valence-corrected chi connectivity index (χ4v) is 5.77. The van der Waals surface area contributed by atoms with Crippen molar-refractivity contribution < 1.29 is 27.4 Å². The minimum Gasteiger partial charge on any atom is -0.497 e. The molecule has 1 aliphatic heterocycles. The molecule has 1 atom stereocenters. The zero-order chi connectivity index (χ0) is 27.1. The van der Waals surface area contributed by atoms with E-state index >= 15 is 0 Å². The monoisotopic (exact) mass is 539 g/mol. The van der Waals surface area contributed by atoms with Crippen molar-refractivity contribution >= 4 is 21.6 Å². The first kappa shape index (κ1) is 27.4. The van der Waals surface area contributed by atoms with E-state index in [2.05, 4.69) is 14.9 Å². The fraction of sp³-hybridized carbons (Fsp3) is 0.321. The SMILES string of the molecule is COc1ccc(C(CNC(=O)c2ccc(C)c(S(=O)(=O)Nc3ccccc3OC)c2)N2CCOCC2)cc1. The second-order valence-electron chi connectivity index (χ2n) is 8.93. The molecule has 1 amide bonds. The molecule has 1 heterocycles. The maximum atomic E-state index is 13.2. The molecular formula is C28H33N3O6S. The number of carbonyl (C=O) groups excluding carboxylic acids is 1. The quantitative estimate of drug-likeness (QED) is 0.405. The minimum absolute atomic E-state index is 0.0240. The van der Waals surface area contributed by atoms with Crippen LogP contribution in [0.25, 0.3) is 0 Å². The average Bonchev–Trinajstić information content (AvgIpc) is 2.94. The Bertz CT molecular complexity index is 1360. The van der Waals surface area contributed by atoms with Gasteiger partial charge < -0.3 is 19.5 Å². The lowest BCUT2D eigenvalue weighted by Crippen LogP contribution is -2.43. The van der Waals surface area contributed by atoms with E-state index in [1.165, 1.54) is 13.2 Å². The average molecular weight is 540 g/mol. The van der Waals surface area contributed by atoms with Crippen molar-refractivity contribution in [1.82, 2.24) is 10.2 Å². The molecule has 3 aromatic rings. The van der Waals surface area contributed by atoms with Crippen LogP contribution in [0, 0.1) is 6.92 Å². The van der Waals surface area contributed by atoms with Gasteiger partial charge in [0.15, 0.2) is 0 Å². The highest BCUT2D eigenvalue weighted by molar-refractivity contribution is 7.92. The van der Waals surface area contributed by atoms with E-state index in [0.717, 1.165) is 24.4 Å². The zero-order valence-corrected chi connectivity index (χ0v) is 22.6. The van der Waals surface area contributed by atoms with Crippen molar-refractivity contribution in [2.75, 3.05) is 51.8 Å². The van der Waals surface area contributed by atoms with Crippen molar-refractivity contribution in [1.29, 1.82) is 0 Å². The van der Waals surface area contributed by atoms with Crippen molar-refractivity contribution in [3.05, 3.63) is 83.4 Å². The lowest BCUT2D eigenvalue weighted by Gasteiger charge is -2.35. The van der Waals surface area contributed by atoms with Crippen molar-refractivity contribution in [3.8, 4) is 11.5 Å². The van der Waals surface area contributed by atoms with Gasteiger partial charge in [-0.25, -0.2) is 8.42 Å². The molecule has 10 heteroatoms. The highest BCUT2D eigenvalue weighted by Crippen LogP contribution is 2.28. The molecule has 0 aromatic heterocycles. The van der Waals surface area contributed by atoms with Crippen LogP contribution in [0.4, 0.5) is 5.69 Å². The largest absolute Gasteiger partial charge is 0.497 e. The number of nitrogens with zero attached hydrogens (tertiary/aromatic N) is 1. The number of methoxy groups -OCH3 is 2. The molecule has 1 saturated heterocycles. The number of anilines is 1. The second-order valence-corrected chi connectivity index (χ2v) is 10.6. The van der Waals surface area contributed by atoms with E-state index in [0.29, 0.717) is 36.8 Å². The molecule has 3 aromatic carbocycles. The molecule has 2 N–H and O–H groups in total. The lowest BCUT2D eigenvalue weighted by atomic mass is 10.0. The first-order chi connectivity index (χ1) is 18.3. The molecule has 0 radical (unpaired) electrons. The van der Waals surface area contributed by atoms with Crippen molar-refractivity contribution in [2.24, 2.45) is 0 Å². The maximum absolute atomic E-state index is 13.2. The predicted octanol–water partition coefficient (Wildman–Crippen LogP) is 3.62. The van der Waals surface area contributed by atoms with Gasteiger partial charge in [0.25, 0.3) is 15.9 Å². The van der Waals surface area contributed by atoms with Crippen LogP contribution >= 0.6 is 0 Å². The van der Waals surface area contributed by atoms with Crippen molar-refractivity contribution in [2.45, 2.75) is 17.9 Å². The third-order valence-corrected chi connectivity index (χ3v) is 8.04. The molecule has 9 nitrogen and oxygen atoms in total. The van der Waals surface area contributed by atoms with Gasteiger partial charge in [0.2, 0.25) is 0 Å². The molecule has 38 heavy (non-hydrogen) atoms. The van der Waals surface area contributed by atoms with Gasteiger partial charge in [-0.15, -0.1) is 0 Å². The summed E-state index contributed by atoms with van der Waals surface area (Å²) in [5.74, 6) is 0.800. The summed E-state index contributed by atoms with van der Waals surface area (Å²) < 4.78 is 45.1. The maximum Gasteiger partial charge on any atom is 0.262 e. The Balaban J connectivity index is 1.53. The van der Waals surface area contributed by atoms with Gasteiger partial charge in [-0.1, -0.05) is 30.3 Å². The Kier molecular flexibility index (Phi) is 8.88. The first-order valence-electron chi connectivity index (χ1n) is 12.3. The summed E-state index contributed by atoms with van der Waals surface area (Å²) >= 11 is 0. The molecule has 0 saturated carbocycles. The number of hydrogen-bond donors (Lipinski definition) is 2. The van der Waals surface area contributed by atoms with Gasteiger partial charge in [0.05, 0.1) is 44.1 Å². The van der Waals surface area contributed by atoms with Crippen LogP contribution in [0.2, 0.25) is 0 Å². The molecule has 1 unspecified atom stereocenters. The number of morpholine rings is 1. The normalized spacial score (nSPS) is 14.9. The number of rotatable bonds is 10. The molecule has 1 aliphatic rings. The topological polar surface area (TPSA) is 106 Å². The number of nitrogens with one attached hydrogen (secondary N) is 2. The third-order valence-electron chi connectivity index (χ3n) is 6.53. The summed E-state index contributed by atoms with van der Waals surface area (Å²) in [6.45, 7) is 4.78. The van der Waals surface area contributed by atoms with Gasteiger partial charge >= 0.3 is 0 Å². The molecule has 1 fully saturated rings. The number of amides is 1. The van der Waals surface area contributed by atoms with E-state index in [9.17, 15) is 13.2 Å². The van der Waals surface area contributed by atoms with Gasteiger partial charge in [0, 0.05) is 25.2 Å². The number of para-hydroxylation sites is 2. The minimum atomic E-state index is -3.97. The second kappa shape index (κ2) is 12.3. The summed E-state index contributed by atoms with van der Waals surface area (Å²) in [6.07, 6.45) is 0. The van der Waals surface area contributed by atoms with Crippen LogP contribution in [-0.4, -0.2) is 66.3 Å². The lowest BCUT2D eigenvalue weighted by molar-refractivity contribution is 0.0162. The summed E-state index contributed by atoms with van der Waals surface area (Å²) in [5, 5.41) is 3.00. The summed E-state index contributed by atoms with van der Waals surface area (Å²) in [7, 11) is -0.881. The van der Waals surface area contributed by atoms with E-state index in [1.807, 2.05) is 24.3 Å². The number of sulfonamides is 1. The van der Waals surface area contributed by atoms with Gasteiger partial charge in [0.1, 0.15) is 11.5 Å². The number of benzene rings is 3. The van der Waals surface area contributed by atoms with Gasteiger partial charge in [-0.05, 0) is 54.4 Å². The predicted molar refractivity (Wildman–Crippen MR) is 145 cm³/mol. The molecule has 202 valence electrons. The Labute approximate surface area is 223 Å².